The Kier molecular flexibility index (Phi) is 5.02. The Morgan fingerprint density at radius 1 is 1.39 bits per heavy atom. The lowest BCUT2D eigenvalue weighted by molar-refractivity contribution is 0.0635. The highest BCUT2D eigenvalue weighted by atomic mass is 79.9. The Bertz CT molecular complexity index is 427. The summed E-state index contributed by atoms with van der Waals surface area (Å²) in [5.74, 6) is 0.602. The number of nitrogens with one attached hydrogen (secondary N) is 1. The Balaban J connectivity index is 2.85. The summed E-state index contributed by atoms with van der Waals surface area (Å²) < 4.78 is 10.4. The van der Waals surface area contributed by atoms with Gasteiger partial charge >= 0.3 is 6.09 Å². The number of methoxy groups -OCH3 is 1. The highest BCUT2D eigenvalue weighted by Gasteiger charge is 2.17. The zero-order valence-corrected chi connectivity index (χ0v) is 12.6. The molecular weight excluding hydrogens is 298 g/mol. The number of carbonyl (C=O) groups excluding carboxylic acids is 1. The number of hydrogen-bond acceptors (Lipinski definition) is 3. The predicted molar refractivity (Wildman–Crippen MR) is 75.5 cm³/mol. The second kappa shape index (κ2) is 6.09. The molecule has 18 heavy (non-hydrogen) atoms. The van der Waals surface area contributed by atoms with Crippen molar-refractivity contribution in [3.05, 3.63) is 23.8 Å². The zero-order chi connectivity index (χ0) is 13.8. The molecule has 0 aliphatic heterocycles. The topological polar surface area (TPSA) is 47.6 Å². The number of hydrogen-bond donors (Lipinski definition) is 1. The largest absolute Gasteiger partial charge is 0.495 e. The maximum Gasteiger partial charge on any atom is 0.412 e. The monoisotopic (exact) mass is 315 g/mol. The van der Waals surface area contributed by atoms with E-state index in [2.05, 4.69) is 21.2 Å². The number of rotatable bonds is 3. The van der Waals surface area contributed by atoms with Gasteiger partial charge in [-0.15, -0.1) is 0 Å². The van der Waals surface area contributed by atoms with E-state index in [9.17, 15) is 4.79 Å². The van der Waals surface area contributed by atoms with Gasteiger partial charge in [0.1, 0.15) is 11.4 Å². The van der Waals surface area contributed by atoms with E-state index in [0.29, 0.717) is 16.8 Å². The first-order valence-electron chi connectivity index (χ1n) is 5.58. The van der Waals surface area contributed by atoms with E-state index in [0.717, 1.165) is 5.56 Å². The first-order valence-corrected chi connectivity index (χ1v) is 6.71. The van der Waals surface area contributed by atoms with Crippen molar-refractivity contribution in [1.29, 1.82) is 0 Å². The van der Waals surface area contributed by atoms with Crippen LogP contribution in [0.15, 0.2) is 18.2 Å². The van der Waals surface area contributed by atoms with Gasteiger partial charge in [0.25, 0.3) is 0 Å². The van der Waals surface area contributed by atoms with Crippen molar-refractivity contribution in [2.45, 2.75) is 31.7 Å². The molecule has 4 nitrogen and oxygen atoms in total. The Morgan fingerprint density at radius 2 is 2.06 bits per heavy atom. The number of halogens is 1. The highest BCUT2D eigenvalue weighted by Crippen LogP contribution is 2.27. The second-order valence-electron chi connectivity index (χ2n) is 4.80. The molecule has 0 unspecified atom stereocenters. The van der Waals surface area contributed by atoms with Crippen LogP contribution >= 0.6 is 15.9 Å². The van der Waals surface area contributed by atoms with Crippen molar-refractivity contribution in [3.8, 4) is 5.75 Å². The molecule has 0 aliphatic carbocycles. The number of anilines is 1. The van der Waals surface area contributed by atoms with Crippen LogP contribution in [0.4, 0.5) is 10.5 Å². The first kappa shape index (κ1) is 14.8. The van der Waals surface area contributed by atoms with E-state index < -0.39 is 11.7 Å². The van der Waals surface area contributed by atoms with E-state index in [1.807, 2.05) is 39.0 Å². The van der Waals surface area contributed by atoms with Crippen molar-refractivity contribution in [2.24, 2.45) is 0 Å². The SMILES string of the molecule is COc1ccc(CBr)cc1NC(=O)OC(C)(C)C. The van der Waals surface area contributed by atoms with Gasteiger partial charge in [-0.05, 0) is 38.5 Å². The molecule has 0 aliphatic rings. The van der Waals surface area contributed by atoms with E-state index in [4.69, 9.17) is 9.47 Å². The van der Waals surface area contributed by atoms with Crippen LogP contribution in [0.1, 0.15) is 26.3 Å². The molecule has 1 rings (SSSR count). The van der Waals surface area contributed by atoms with E-state index in [-0.39, 0.29) is 0 Å². The van der Waals surface area contributed by atoms with Gasteiger partial charge in [0.2, 0.25) is 0 Å². The molecule has 0 aromatic heterocycles. The molecule has 5 heteroatoms. The van der Waals surface area contributed by atoms with Crippen LogP contribution in [-0.2, 0) is 10.1 Å². The summed E-state index contributed by atoms with van der Waals surface area (Å²) >= 11 is 3.37. The van der Waals surface area contributed by atoms with Gasteiger partial charge < -0.3 is 9.47 Å². The fourth-order valence-electron chi connectivity index (χ4n) is 1.35. The Labute approximate surface area is 116 Å². The summed E-state index contributed by atoms with van der Waals surface area (Å²) in [7, 11) is 1.56. The summed E-state index contributed by atoms with van der Waals surface area (Å²) in [6, 6.07) is 5.58. The number of amides is 1. The third kappa shape index (κ3) is 4.56. The van der Waals surface area contributed by atoms with Crippen molar-refractivity contribution >= 4 is 27.7 Å². The van der Waals surface area contributed by atoms with Crippen LogP contribution in [-0.4, -0.2) is 18.8 Å². The first-order chi connectivity index (χ1) is 8.35. The molecule has 100 valence electrons. The standard InChI is InChI=1S/C13H18BrNO3/c1-13(2,3)18-12(16)15-10-7-9(8-14)5-6-11(10)17-4/h5-7H,8H2,1-4H3,(H,15,16). The number of carbonyl (C=O) groups is 1. The van der Waals surface area contributed by atoms with E-state index in [1.54, 1.807) is 7.11 Å². The molecule has 0 spiro atoms. The molecule has 0 atom stereocenters. The Morgan fingerprint density at radius 3 is 2.56 bits per heavy atom. The van der Waals surface area contributed by atoms with E-state index in [1.165, 1.54) is 0 Å². The van der Waals surface area contributed by atoms with Crippen LogP contribution in [0.2, 0.25) is 0 Å². The van der Waals surface area contributed by atoms with Crippen LogP contribution < -0.4 is 10.1 Å². The minimum atomic E-state index is -0.523. The van der Waals surface area contributed by atoms with Gasteiger partial charge in [-0.25, -0.2) is 4.79 Å². The lowest BCUT2D eigenvalue weighted by Gasteiger charge is -2.20. The van der Waals surface area contributed by atoms with Gasteiger partial charge in [-0.3, -0.25) is 5.32 Å². The molecule has 1 amide bonds. The number of alkyl halides is 1. The van der Waals surface area contributed by atoms with Crippen molar-refractivity contribution in [2.75, 3.05) is 12.4 Å². The van der Waals surface area contributed by atoms with E-state index >= 15 is 0 Å². The minimum Gasteiger partial charge on any atom is -0.495 e. The van der Waals surface area contributed by atoms with Gasteiger partial charge in [0, 0.05) is 5.33 Å². The Hall–Kier alpha value is -1.23. The molecule has 0 saturated heterocycles. The molecule has 0 bridgehead atoms. The summed E-state index contributed by atoms with van der Waals surface area (Å²) in [4.78, 5) is 11.7. The summed E-state index contributed by atoms with van der Waals surface area (Å²) in [5, 5.41) is 3.39. The van der Waals surface area contributed by atoms with Gasteiger partial charge in [0.15, 0.2) is 0 Å². The summed E-state index contributed by atoms with van der Waals surface area (Å²) in [6.07, 6.45) is -0.493. The minimum absolute atomic E-state index is 0.493. The zero-order valence-electron chi connectivity index (χ0n) is 11.0. The fourth-order valence-corrected chi connectivity index (χ4v) is 1.70. The van der Waals surface area contributed by atoms with Gasteiger partial charge in [-0.2, -0.15) is 0 Å². The second-order valence-corrected chi connectivity index (χ2v) is 5.36. The highest BCUT2D eigenvalue weighted by molar-refractivity contribution is 9.08. The number of ether oxygens (including phenoxy) is 2. The van der Waals surface area contributed by atoms with Gasteiger partial charge in [-0.1, -0.05) is 22.0 Å². The maximum atomic E-state index is 11.7. The smallest absolute Gasteiger partial charge is 0.412 e. The van der Waals surface area contributed by atoms with Crippen LogP contribution in [0, 0.1) is 0 Å². The maximum absolute atomic E-state index is 11.7. The molecule has 1 aromatic carbocycles. The summed E-state index contributed by atoms with van der Waals surface area (Å²) in [6.45, 7) is 5.45. The molecule has 0 saturated carbocycles. The molecule has 0 fully saturated rings. The normalized spacial score (nSPS) is 10.9. The van der Waals surface area contributed by atoms with Crippen LogP contribution in [0.3, 0.4) is 0 Å². The summed E-state index contributed by atoms with van der Waals surface area (Å²) in [5.41, 5.74) is 1.12. The molecule has 0 heterocycles. The predicted octanol–water partition coefficient (Wildman–Crippen LogP) is 3.94. The third-order valence-electron chi connectivity index (χ3n) is 2.05. The average Bonchev–Trinajstić information content (AvgIpc) is 2.26. The van der Waals surface area contributed by atoms with Crippen molar-refractivity contribution in [3.63, 3.8) is 0 Å². The molecule has 1 aromatic rings. The molecule has 0 radical (unpaired) electrons. The van der Waals surface area contributed by atoms with Crippen molar-refractivity contribution in [1.82, 2.24) is 0 Å². The fraction of sp³-hybridized carbons (Fsp3) is 0.462. The molecular formula is C13H18BrNO3. The van der Waals surface area contributed by atoms with Crippen molar-refractivity contribution < 1.29 is 14.3 Å². The third-order valence-corrected chi connectivity index (χ3v) is 2.70. The quantitative estimate of drug-likeness (QED) is 0.859. The average molecular weight is 316 g/mol. The van der Waals surface area contributed by atoms with Gasteiger partial charge in [0.05, 0.1) is 12.8 Å². The van der Waals surface area contributed by atoms with Crippen LogP contribution in [0.5, 0.6) is 5.75 Å². The lowest BCUT2D eigenvalue weighted by atomic mass is 10.2. The number of benzene rings is 1. The lowest BCUT2D eigenvalue weighted by Crippen LogP contribution is -2.27. The molecule has 1 N–H and O–H groups in total. The van der Waals surface area contributed by atoms with Crippen LogP contribution in [0.25, 0.3) is 0 Å².